The van der Waals surface area contributed by atoms with Crippen LogP contribution in [0.2, 0.25) is 0 Å². The van der Waals surface area contributed by atoms with Gasteiger partial charge in [-0.3, -0.25) is 4.68 Å². The predicted molar refractivity (Wildman–Crippen MR) is 108 cm³/mol. The van der Waals surface area contributed by atoms with Gasteiger partial charge in [-0.2, -0.15) is 5.10 Å². The van der Waals surface area contributed by atoms with Crippen molar-refractivity contribution in [3.63, 3.8) is 0 Å². The zero-order valence-corrected chi connectivity index (χ0v) is 16.7. The number of aryl methyl sites for hydroxylation is 2. The van der Waals surface area contributed by atoms with Gasteiger partial charge < -0.3 is 10.6 Å². The monoisotopic (exact) mass is 398 g/mol. The van der Waals surface area contributed by atoms with Crippen LogP contribution in [0.5, 0.6) is 0 Å². The maximum Gasteiger partial charge on any atom is 0.153 e. The fourth-order valence-corrected chi connectivity index (χ4v) is 3.44. The Kier molecular flexibility index (Phi) is 5.17. The lowest BCUT2D eigenvalue weighted by Crippen LogP contribution is -2.11. The summed E-state index contributed by atoms with van der Waals surface area (Å²) in [7, 11) is 0. The highest BCUT2D eigenvalue weighted by Crippen LogP contribution is 2.41. The maximum absolute atomic E-state index is 14.1. The van der Waals surface area contributed by atoms with Gasteiger partial charge in [0, 0.05) is 41.9 Å². The zero-order chi connectivity index (χ0) is 20.5. The number of aromatic nitrogens is 4. The molecule has 2 aromatic heterocycles. The van der Waals surface area contributed by atoms with Gasteiger partial charge in [0.25, 0.3) is 0 Å². The van der Waals surface area contributed by atoms with Crippen molar-refractivity contribution in [1.29, 1.82) is 0 Å². The minimum absolute atomic E-state index is 0.368. The topological polar surface area (TPSA) is 67.7 Å². The number of hydrogen-bond donors (Lipinski definition) is 2. The van der Waals surface area contributed by atoms with E-state index in [2.05, 4.69) is 38.7 Å². The van der Waals surface area contributed by atoms with Crippen LogP contribution >= 0.6 is 0 Å². The lowest BCUT2D eigenvalue weighted by atomic mass is 10.1. The molecule has 0 spiro atoms. The minimum atomic E-state index is -0.597. The highest BCUT2D eigenvalue weighted by atomic mass is 19.1. The second kappa shape index (κ2) is 7.77. The Morgan fingerprint density at radius 3 is 2.55 bits per heavy atom. The summed E-state index contributed by atoms with van der Waals surface area (Å²) in [4.78, 5) is 8.81. The fourth-order valence-electron chi connectivity index (χ4n) is 3.44. The molecule has 1 aromatic carbocycles. The fraction of sp³-hybridized carbons (Fsp3) is 0.381. The van der Waals surface area contributed by atoms with Crippen LogP contribution in [0.3, 0.4) is 0 Å². The number of nitrogens with one attached hydrogen (secondary N) is 2. The summed E-state index contributed by atoms with van der Waals surface area (Å²) in [6.07, 6.45) is 2.42. The smallest absolute Gasteiger partial charge is 0.153 e. The molecule has 29 heavy (non-hydrogen) atoms. The first-order chi connectivity index (χ1) is 13.9. The van der Waals surface area contributed by atoms with Crippen LogP contribution in [0.25, 0.3) is 0 Å². The van der Waals surface area contributed by atoms with Crippen molar-refractivity contribution in [2.75, 3.05) is 10.6 Å². The van der Waals surface area contributed by atoms with Gasteiger partial charge in [-0.25, -0.2) is 18.7 Å². The van der Waals surface area contributed by atoms with E-state index in [4.69, 9.17) is 0 Å². The minimum Gasteiger partial charge on any atom is -0.363 e. The molecule has 0 bridgehead atoms. The van der Waals surface area contributed by atoms with Crippen LogP contribution in [0.15, 0.2) is 30.3 Å². The van der Waals surface area contributed by atoms with Crippen molar-refractivity contribution >= 4 is 17.5 Å². The third-order valence-corrected chi connectivity index (χ3v) is 4.99. The number of nitrogens with zero attached hydrogens (tertiary/aromatic N) is 4. The Balaban J connectivity index is 1.53. The lowest BCUT2D eigenvalue weighted by Gasteiger charge is -2.16. The Hall–Kier alpha value is -3.03. The summed E-state index contributed by atoms with van der Waals surface area (Å²) in [6, 6.07) is 7.00. The summed E-state index contributed by atoms with van der Waals surface area (Å²) in [6.45, 7) is 6.49. The molecule has 152 valence electrons. The molecule has 2 N–H and O–H groups in total. The number of rotatable bonds is 7. The molecule has 1 atom stereocenters. The molecule has 1 aliphatic carbocycles. The van der Waals surface area contributed by atoms with E-state index in [-0.39, 0.29) is 0 Å². The molecule has 4 rings (SSSR count). The SMILES string of the molecule is CCn1nc(Nc2cc(NC(C)c3ccc(F)cc3F)nc(C)n2)cc1C1CC1. The molecule has 6 nitrogen and oxygen atoms in total. The van der Waals surface area contributed by atoms with Gasteiger partial charge in [0.15, 0.2) is 5.82 Å². The number of halogens is 2. The summed E-state index contributed by atoms with van der Waals surface area (Å²) in [5.41, 5.74) is 1.62. The van der Waals surface area contributed by atoms with E-state index in [0.717, 1.165) is 18.4 Å². The third-order valence-electron chi connectivity index (χ3n) is 4.99. The molecule has 1 aliphatic rings. The maximum atomic E-state index is 14.1. The first-order valence-electron chi connectivity index (χ1n) is 9.85. The third kappa shape index (κ3) is 4.36. The molecule has 8 heteroatoms. The molecule has 1 saturated carbocycles. The molecule has 0 amide bonds. The van der Waals surface area contributed by atoms with Crippen LogP contribution in [-0.4, -0.2) is 19.7 Å². The van der Waals surface area contributed by atoms with Crippen LogP contribution in [0, 0.1) is 18.6 Å². The highest BCUT2D eigenvalue weighted by molar-refractivity contribution is 5.57. The second-order valence-corrected chi connectivity index (χ2v) is 7.39. The first kappa shape index (κ1) is 19.3. The van der Waals surface area contributed by atoms with E-state index >= 15 is 0 Å². The lowest BCUT2D eigenvalue weighted by molar-refractivity contribution is 0.566. The molecule has 0 aliphatic heterocycles. The average molecular weight is 398 g/mol. The van der Waals surface area contributed by atoms with Crippen molar-refractivity contribution in [2.24, 2.45) is 0 Å². The van der Waals surface area contributed by atoms with E-state index in [9.17, 15) is 8.78 Å². The Morgan fingerprint density at radius 2 is 1.86 bits per heavy atom. The zero-order valence-electron chi connectivity index (χ0n) is 16.7. The number of hydrogen-bond acceptors (Lipinski definition) is 5. The standard InChI is InChI=1S/C21H24F2N6/c1-4-29-18(14-5-6-14)10-21(28-29)27-20-11-19(25-13(3)26-20)24-12(2)16-8-7-15(22)9-17(16)23/h7-12,14H,4-6H2,1-3H3,(H2,24,25,26,27,28). The van der Waals surface area contributed by atoms with Gasteiger partial charge in [0.1, 0.15) is 29.1 Å². The van der Waals surface area contributed by atoms with Gasteiger partial charge in [-0.15, -0.1) is 0 Å². The van der Waals surface area contributed by atoms with Crippen molar-refractivity contribution in [1.82, 2.24) is 19.7 Å². The quantitative estimate of drug-likeness (QED) is 0.581. The second-order valence-electron chi connectivity index (χ2n) is 7.39. The summed E-state index contributed by atoms with van der Waals surface area (Å²) in [5, 5.41) is 11.0. The van der Waals surface area contributed by atoms with Crippen molar-refractivity contribution in [3.05, 3.63) is 59.0 Å². The number of benzene rings is 1. The van der Waals surface area contributed by atoms with Gasteiger partial charge >= 0.3 is 0 Å². The van der Waals surface area contributed by atoms with E-state index in [1.807, 2.05) is 4.68 Å². The van der Waals surface area contributed by atoms with Crippen LogP contribution in [-0.2, 0) is 6.54 Å². The Labute approximate surface area is 168 Å². The predicted octanol–water partition coefficient (Wildman–Crippen LogP) is 5.07. The highest BCUT2D eigenvalue weighted by Gasteiger charge is 2.27. The van der Waals surface area contributed by atoms with Gasteiger partial charge in [-0.05, 0) is 39.7 Å². The Morgan fingerprint density at radius 1 is 1.10 bits per heavy atom. The first-order valence-corrected chi connectivity index (χ1v) is 9.85. The average Bonchev–Trinajstić information content (AvgIpc) is 3.42. The van der Waals surface area contributed by atoms with Crippen LogP contribution in [0.4, 0.5) is 26.2 Å². The molecule has 3 aromatic rings. The summed E-state index contributed by atoms with van der Waals surface area (Å²) in [5.74, 6) is 1.89. The normalized spacial score (nSPS) is 14.7. The van der Waals surface area contributed by atoms with Gasteiger partial charge in [0.2, 0.25) is 0 Å². The summed E-state index contributed by atoms with van der Waals surface area (Å²) >= 11 is 0. The van der Waals surface area contributed by atoms with Crippen LogP contribution < -0.4 is 10.6 Å². The molecule has 2 heterocycles. The molecule has 0 saturated heterocycles. The van der Waals surface area contributed by atoms with Crippen molar-refractivity contribution in [2.45, 2.75) is 52.1 Å². The van der Waals surface area contributed by atoms with Crippen molar-refractivity contribution in [3.8, 4) is 0 Å². The molecular formula is C21H24F2N6. The van der Waals surface area contributed by atoms with Gasteiger partial charge in [-0.1, -0.05) is 6.07 Å². The molecule has 1 fully saturated rings. The summed E-state index contributed by atoms with van der Waals surface area (Å²) < 4.78 is 29.2. The van der Waals surface area contributed by atoms with Gasteiger partial charge in [0.05, 0.1) is 6.04 Å². The van der Waals surface area contributed by atoms with Crippen molar-refractivity contribution < 1.29 is 8.78 Å². The molecule has 0 radical (unpaired) electrons. The molecule has 1 unspecified atom stereocenters. The van der Waals surface area contributed by atoms with Crippen LogP contribution in [0.1, 0.15) is 55.7 Å². The molecular weight excluding hydrogens is 374 g/mol. The largest absolute Gasteiger partial charge is 0.363 e. The number of anilines is 3. The van der Waals surface area contributed by atoms with E-state index in [0.29, 0.717) is 28.9 Å². The Bertz CT molecular complexity index is 1030. The van der Waals surface area contributed by atoms with E-state index < -0.39 is 17.7 Å². The van der Waals surface area contributed by atoms with E-state index in [1.54, 1.807) is 19.9 Å². The van der Waals surface area contributed by atoms with E-state index in [1.165, 1.54) is 30.7 Å².